The quantitative estimate of drug-likeness (QED) is 0.757. The minimum absolute atomic E-state index is 0.0738. The molecule has 0 aromatic rings. The summed E-state index contributed by atoms with van der Waals surface area (Å²) in [6.45, 7) is 4.03. The molecule has 1 heterocycles. The summed E-state index contributed by atoms with van der Waals surface area (Å²) in [5.41, 5.74) is 0. The fraction of sp³-hybridized carbons (Fsp3) is 0.875. The lowest BCUT2D eigenvalue weighted by Gasteiger charge is -2.17. The van der Waals surface area contributed by atoms with E-state index in [4.69, 9.17) is 0 Å². The van der Waals surface area contributed by atoms with Gasteiger partial charge in [0.05, 0.1) is 4.83 Å². The molecule has 0 aliphatic carbocycles. The van der Waals surface area contributed by atoms with Gasteiger partial charge >= 0.3 is 0 Å². The minimum atomic E-state index is -0.0738. The third kappa shape index (κ3) is 2.66. The lowest BCUT2D eigenvalue weighted by Crippen LogP contribution is -2.41. The molecule has 1 fully saturated rings. The third-order valence-corrected chi connectivity index (χ3v) is 3.83. The second kappa shape index (κ2) is 4.51. The zero-order valence-corrected chi connectivity index (χ0v) is 9.74. The Kier molecular flexibility index (Phi) is 3.90. The summed E-state index contributed by atoms with van der Waals surface area (Å²) in [6.07, 6.45) is 0. The van der Waals surface area contributed by atoms with Gasteiger partial charge in [0.1, 0.15) is 0 Å². The maximum atomic E-state index is 11.3. The molecule has 1 amide bonds. The highest BCUT2D eigenvalue weighted by atomic mass is 79.9. The van der Waals surface area contributed by atoms with Crippen LogP contribution in [0.4, 0.5) is 0 Å². The molecule has 1 rings (SSSR count). The van der Waals surface area contributed by atoms with E-state index in [-0.39, 0.29) is 10.7 Å². The smallest absolute Gasteiger partial charge is 0.233 e. The Morgan fingerprint density at radius 3 is 2.75 bits per heavy atom. The third-order valence-electron chi connectivity index (χ3n) is 2.05. The van der Waals surface area contributed by atoms with Gasteiger partial charge in [0, 0.05) is 11.8 Å². The van der Waals surface area contributed by atoms with E-state index in [1.807, 2.05) is 18.7 Å². The molecule has 0 bridgehead atoms. The van der Waals surface area contributed by atoms with E-state index in [1.165, 1.54) is 5.75 Å². The van der Waals surface area contributed by atoms with Crippen molar-refractivity contribution < 1.29 is 4.79 Å². The van der Waals surface area contributed by atoms with Crippen LogP contribution in [0.1, 0.15) is 13.8 Å². The molecule has 1 aliphatic heterocycles. The maximum Gasteiger partial charge on any atom is 0.233 e. The fourth-order valence-electron chi connectivity index (χ4n) is 1.14. The number of nitrogens with one attached hydrogen (secondary N) is 1. The summed E-state index contributed by atoms with van der Waals surface area (Å²) in [6, 6.07) is 0.377. The maximum absolute atomic E-state index is 11.3. The predicted molar refractivity (Wildman–Crippen MR) is 56.8 cm³/mol. The van der Waals surface area contributed by atoms with Crippen LogP contribution in [0.3, 0.4) is 0 Å². The standard InChI is InChI=1S/C8H14BrNOS/c1-5-3-12-4-7(5)10-8(11)6(2)9/h5-7H,3-4H2,1-2H3,(H,10,11). The van der Waals surface area contributed by atoms with Gasteiger partial charge in [-0.3, -0.25) is 4.79 Å². The molecule has 4 heteroatoms. The molecule has 12 heavy (non-hydrogen) atoms. The van der Waals surface area contributed by atoms with E-state index in [0.29, 0.717) is 12.0 Å². The van der Waals surface area contributed by atoms with Crippen molar-refractivity contribution in [1.82, 2.24) is 5.32 Å². The molecule has 1 saturated heterocycles. The van der Waals surface area contributed by atoms with Crippen molar-refractivity contribution in [3.63, 3.8) is 0 Å². The van der Waals surface area contributed by atoms with E-state index >= 15 is 0 Å². The van der Waals surface area contributed by atoms with Crippen molar-refractivity contribution in [1.29, 1.82) is 0 Å². The van der Waals surface area contributed by atoms with E-state index in [9.17, 15) is 4.79 Å². The number of alkyl halides is 1. The number of thioether (sulfide) groups is 1. The Labute approximate surface area is 86.0 Å². The minimum Gasteiger partial charge on any atom is -0.351 e. The molecule has 1 N–H and O–H groups in total. The first-order valence-electron chi connectivity index (χ1n) is 4.13. The van der Waals surface area contributed by atoms with Crippen LogP contribution in [0.2, 0.25) is 0 Å². The number of hydrogen-bond acceptors (Lipinski definition) is 2. The first-order chi connectivity index (χ1) is 5.61. The molecule has 1 aliphatic rings. The van der Waals surface area contributed by atoms with Gasteiger partial charge in [-0.05, 0) is 18.6 Å². The molecule has 0 aromatic carbocycles. The van der Waals surface area contributed by atoms with Gasteiger partial charge < -0.3 is 5.32 Å². The molecule has 2 nitrogen and oxygen atoms in total. The average molecular weight is 252 g/mol. The SMILES string of the molecule is CC(Br)C(=O)NC1CSCC1C. The topological polar surface area (TPSA) is 29.1 Å². The van der Waals surface area contributed by atoms with Crippen molar-refractivity contribution in [2.45, 2.75) is 24.7 Å². The van der Waals surface area contributed by atoms with Gasteiger partial charge in [-0.2, -0.15) is 11.8 Å². The number of amides is 1. The van der Waals surface area contributed by atoms with Crippen LogP contribution in [0.15, 0.2) is 0 Å². The van der Waals surface area contributed by atoms with Crippen LogP contribution in [-0.2, 0) is 4.79 Å². The van der Waals surface area contributed by atoms with Gasteiger partial charge in [0.2, 0.25) is 5.91 Å². The lowest BCUT2D eigenvalue weighted by molar-refractivity contribution is -0.120. The number of halogens is 1. The monoisotopic (exact) mass is 251 g/mol. The first-order valence-corrected chi connectivity index (χ1v) is 6.20. The van der Waals surface area contributed by atoms with E-state index in [1.54, 1.807) is 0 Å². The fourth-order valence-corrected chi connectivity index (χ4v) is 2.68. The van der Waals surface area contributed by atoms with Crippen LogP contribution >= 0.6 is 27.7 Å². The second-order valence-electron chi connectivity index (χ2n) is 3.25. The zero-order chi connectivity index (χ0) is 9.14. The molecule has 0 aromatic heterocycles. The highest BCUT2D eigenvalue weighted by Gasteiger charge is 2.26. The average Bonchev–Trinajstić information content (AvgIpc) is 2.36. The summed E-state index contributed by atoms with van der Waals surface area (Å²) < 4.78 is 0. The predicted octanol–water partition coefficient (Wildman–Crippen LogP) is 1.64. The Morgan fingerprint density at radius 1 is 1.67 bits per heavy atom. The second-order valence-corrected chi connectivity index (χ2v) is 5.69. The number of carbonyl (C=O) groups excluding carboxylic acids is 1. The molecule has 0 spiro atoms. The normalized spacial score (nSPS) is 31.6. The molecule has 0 saturated carbocycles. The van der Waals surface area contributed by atoms with Gasteiger partial charge in [0.15, 0.2) is 0 Å². The van der Waals surface area contributed by atoms with Crippen LogP contribution in [0, 0.1) is 5.92 Å². The Balaban J connectivity index is 2.35. The number of carbonyl (C=O) groups is 1. The van der Waals surface area contributed by atoms with Crippen LogP contribution in [-0.4, -0.2) is 28.3 Å². The van der Waals surface area contributed by atoms with Crippen LogP contribution in [0.5, 0.6) is 0 Å². The Morgan fingerprint density at radius 2 is 2.33 bits per heavy atom. The Bertz CT molecular complexity index is 174. The Hall–Kier alpha value is 0.300. The molecule has 70 valence electrons. The van der Waals surface area contributed by atoms with Crippen molar-refractivity contribution in [2.24, 2.45) is 5.92 Å². The molecular formula is C8H14BrNOS. The van der Waals surface area contributed by atoms with Gasteiger partial charge in [-0.25, -0.2) is 0 Å². The lowest BCUT2D eigenvalue weighted by atomic mass is 10.1. The van der Waals surface area contributed by atoms with E-state index in [2.05, 4.69) is 28.2 Å². The number of rotatable bonds is 2. The molecular weight excluding hydrogens is 238 g/mol. The van der Waals surface area contributed by atoms with Gasteiger partial charge in [-0.15, -0.1) is 0 Å². The summed E-state index contributed by atoms with van der Waals surface area (Å²) in [4.78, 5) is 11.2. The van der Waals surface area contributed by atoms with Crippen LogP contribution in [0.25, 0.3) is 0 Å². The highest BCUT2D eigenvalue weighted by molar-refractivity contribution is 9.10. The van der Waals surface area contributed by atoms with Gasteiger partial charge in [-0.1, -0.05) is 22.9 Å². The van der Waals surface area contributed by atoms with Gasteiger partial charge in [0.25, 0.3) is 0 Å². The van der Waals surface area contributed by atoms with Crippen LogP contribution < -0.4 is 5.32 Å². The summed E-state index contributed by atoms with van der Waals surface area (Å²) in [5.74, 6) is 2.95. The molecule has 0 radical (unpaired) electrons. The first kappa shape index (κ1) is 10.4. The van der Waals surface area contributed by atoms with E-state index < -0.39 is 0 Å². The van der Waals surface area contributed by atoms with Crippen molar-refractivity contribution in [3.8, 4) is 0 Å². The zero-order valence-electron chi connectivity index (χ0n) is 7.34. The molecule has 3 atom stereocenters. The highest BCUT2D eigenvalue weighted by Crippen LogP contribution is 2.23. The summed E-state index contributed by atoms with van der Waals surface area (Å²) in [5, 5.41) is 3.02. The van der Waals surface area contributed by atoms with Crippen molar-refractivity contribution in [3.05, 3.63) is 0 Å². The van der Waals surface area contributed by atoms with Crippen molar-refractivity contribution in [2.75, 3.05) is 11.5 Å². The molecule has 3 unspecified atom stereocenters. The summed E-state index contributed by atoms with van der Waals surface area (Å²) in [7, 11) is 0. The number of hydrogen-bond donors (Lipinski definition) is 1. The summed E-state index contributed by atoms with van der Waals surface area (Å²) >= 11 is 5.16. The largest absolute Gasteiger partial charge is 0.351 e. The van der Waals surface area contributed by atoms with E-state index in [0.717, 1.165) is 5.75 Å². The van der Waals surface area contributed by atoms with Crippen molar-refractivity contribution >= 4 is 33.6 Å².